The van der Waals surface area contributed by atoms with Crippen molar-refractivity contribution in [3.8, 4) is 0 Å². The van der Waals surface area contributed by atoms with Crippen molar-refractivity contribution in [3.63, 3.8) is 0 Å². The van der Waals surface area contributed by atoms with E-state index in [0.29, 0.717) is 12.0 Å². The lowest BCUT2D eigenvalue weighted by atomic mass is 10.2. The molecule has 1 unspecified atom stereocenters. The second-order valence-corrected chi connectivity index (χ2v) is 7.38. The molecule has 0 bridgehead atoms. The van der Waals surface area contributed by atoms with Crippen molar-refractivity contribution in [2.75, 3.05) is 26.7 Å². The Morgan fingerprint density at radius 1 is 1.33 bits per heavy atom. The molecule has 0 radical (unpaired) electrons. The van der Waals surface area contributed by atoms with E-state index in [1.54, 1.807) is 11.3 Å². The number of rotatable bonds is 7. The summed E-state index contributed by atoms with van der Waals surface area (Å²) in [4.78, 5) is 11.6. The zero-order valence-electron chi connectivity index (χ0n) is 15.3. The number of nitrogens with zero attached hydrogens (tertiary/aromatic N) is 3. The SMILES string of the molecule is CCC(CNC(=NC)NCc1nc(C(C)C)cs1)N1CCCC1.I. The molecule has 5 nitrogen and oxygen atoms in total. The van der Waals surface area contributed by atoms with Gasteiger partial charge >= 0.3 is 0 Å². The van der Waals surface area contributed by atoms with Crippen LogP contribution in [0.1, 0.15) is 56.7 Å². The van der Waals surface area contributed by atoms with Gasteiger partial charge in [-0.05, 0) is 38.3 Å². The summed E-state index contributed by atoms with van der Waals surface area (Å²) in [6.45, 7) is 10.8. The number of guanidine groups is 1. The highest BCUT2D eigenvalue weighted by atomic mass is 127. The summed E-state index contributed by atoms with van der Waals surface area (Å²) >= 11 is 1.72. The molecule has 1 aliphatic rings. The van der Waals surface area contributed by atoms with Gasteiger partial charge in [-0.1, -0.05) is 20.8 Å². The normalized spacial score (nSPS) is 17.0. The van der Waals surface area contributed by atoms with Crippen LogP contribution in [0.25, 0.3) is 0 Å². The van der Waals surface area contributed by atoms with Crippen LogP contribution < -0.4 is 10.6 Å². The van der Waals surface area contributed by atoms with Gasteiger partial charge in [-0.3, -0.25) is 9.89 Å². The number of aromatic nitrogens is 1. The van der Waals surface area contributed by atoms with E-state index in [9.17, 15) is 0 Å². The largest absolute Gasteiger partial charge is 0.355 e. The zero-order chi connectivity index (χ0) is 16.7. The fourth-order valence-corrected chi connectivity index (χ4v) is 3.80. The van der Waals surface area contributed by atoms with Crippen molar-refractivity contribution in [1.29, 1.82) is 0 Å². The number of nitrogens with one attached hydrogen (secondary N) is 2. The predicted molar refractivity (Wildman–Crippen MR) is 115 cm³/mol. The number of halogens is 1. The Morgan fingerprint density at radius 2 is 2.04 bits per heavy atom. The summed E-state index contributed by atoms with van der Waals surface area (Å²) in [5, 5.41) is 10.1. The molecule has 2 rings (SSSR count). The zero-order valence-corrected chi connectivity index (χ0v) is 18.5. The Balaban J connectivity index is 0.00000288. The quantitative estimate of drug-likeness (QED) is 0.368. The van der Waals surface area contributed by atoms with E-state index in [-0.39, 0.29) is 24.0 Å². The van der Waals surface area contributed by atoms with Crippen LogP contribution in [0.5, 0.6) is 0 Å². The van der Waals surface area contributed by atoms with Gasteiger partial charge in [0.05, 0.1) is 12.2 Å². The van der Waals surface area contributed by atoms with Crippen LogP contribution in [-0.4, -0.2) is 48.6 Å². The molecule has 7 heteroatoms. The molecular formula is C17H32IN5S. The van der Waals surface area contributed by atoms with Crippen LogP contribution in [0.3, 0.4) is 0 Å². The molecule has 1 fully saturated rings. The summed E-state index contributed by atoms with van der Waals surface area (Å²) in [5.41, 5.74) is 1.18. The summed E-state index contributed by atoms with van der Waals surface area (Å²) in [7, 11) is 1.83. The highest BCUT2D eigenvalue weighted by molar-refractivity contribution is 14.0. The van der Waals surface area contributed by atoms with Crippen molar-refractivity contribution in [1.82, 2.24) is 20.5 Å². The summed E-state index contributed by atoms with van der Waals surface area (Å²) < 4.78 is 0. The van der Waals surface area contributed by atoms with Crippen LogP contribution >= 0.6 is 35.3 Å². The first-order chi connectivity index (χ1) is 11.1. The Hall–Kier alpha value is -0.410. The van der Waals surface area contributed by atoms with Gasteiger partial charge in [0, 0.05) is 25.0 Å². The average Bonchev–Trinajstić information content (AvgIpc) is 3.22. The van der Waals surface area contributed by atoms with E-state index in [0.717, 1.165) is 24.1 Å². The first kappa shape index (κ1) is 21.6. The Labute approximate surface area is 167 Å². The highest BCUT2D eigenvalue weighted by Crippen LogP contribution is 2.17. The molecule has 24 heavy (non-hydrogen) atoms. The molecule has 0 aliphatic carbocycles. The molecular weight excluding hydrogens is 433 g/mol. The first-order valence-corrected chi connectivity index (χ1v) is 9.64. The predicted octanol–water partition coefficient (Wildman–Crippen LogP) is 3.42. The topological polar surface area (TPSA) is 52.6 Å². The van der Waals surface area contributed by atoms with E-state index < -0.39 is 0 Å². The Bertz CT molecular complexity index is 497. The lowest BCUT2D eigenvalue weighted by Gasteiger charge is -2.27. The summed E-state index contributed by atoms with van der Waals surface area (Å²) in [5.74, 6) is 1.35. The number of thiazole rings is 1. The molecule has 2 N–H and O–H groups in total. The summed E-state index contributed by atoms with van der Waals surface area (Å²) in [6.07, 6.45) is 3.85. The minimum atomic E-state index is 0. The third-order valence-corrected chi connectivity index (χ3v) is 5.29. The van der Waals surface area contributed by atoms with E-state index in [1.807, 2.05) is 7.05 Å². The molecule has 0 aromatic carbocycles. The molecule has 138 valence electrons. The third-order valence-electron chi connectivity index (χ3n) is 4.43. The maximum Gasteiger partial charge on any atom is 0.191 e. The van der Waals surface area contributed by atoms with Gasteiger partial charge in [-0.25, -0.2) is 4.98 Å². The van der Waals surface area contributed by atoms with Gasteiger partial charge in [-0.15, -0.1) is 35.3 Å². The molecule has 0 amide bonds. The van der Waals surface area contributed by atoms with E-state index >= 15 is 0 Å². The molecule has 0 spiro atoms. The van der Waals surface area contributed by atoms with Crippen LogP contribution in [-0.2, 0) is 6.54 Å². The maximum absolute atomic E-state index is 4.66. The fourth-order valence-electron chi connectivity index (χ4n) is 2.90. The average molecular weight is 465 g/mol. The van der Waals surface area contributed by atoms with Crippen molar-refractivity contribution in [2.45, 2.75) is 58.5 Å². The minimum absolute atomic E-state index is 0. The molecule has 1 saturated heterocycles. The number of likely N-dealkylation sites (tertiary alicyclic amines) is 1. The van der Waals surface area contributed by atoms with Crippen molar-refractivity contribution in [2.24, 2.45) is 4.99 Å². The van der Waals surface area contributed by atoms with Gasteiger partial charge in [-0.2, -0.15) is 0 Å². The molecule has 1 aromatic rings. The van der Waals surface area contributed by atoms with Gasteiger partial charge in [0.15, 0.2) is 5.96 Å². The molecule has 2 heterocycles. The van der Waals surface area contributed by atoms with Crippen LogP contribution in [0.4, 0.5) is 0 Å². The molecule has 1 aromatic heterocycles. The first-order valence-electron chi connectivity index (χ1n) is 8.76. The molecule has 0 saturated carbocycles. The van der Waals surface area contributed by atoms with E-state index in [4.69, 9.17) is 0 Å². The molecule has 1 atom stereocenters. The minimum Gasteiger partial charge on any atom is -0.355 e. The Morgan fingerprint density at radius 3 is 2.58 bits per heavy atom. The monoisotopic (exact) mass is 465 g/mol. The van der Waals surface area contributed by atoms with Gasteiger partial charge in [0.25, 0.3) is 0 Å². The molecule has 1 aliphatic heterocycles. The van der Waals surface area contributed by atoms with Crippen LogP contribution in [0, 0.1) is 0 Å². The van der Waals surface area contributed by atoms with Crippen molar-refractivity contribution < 1.29 is 0 Å². The second-order valence-electron chi connectivity index (χ2n) is 6.43. The van der Waals surface area contributed by atoms with E-state index in [2.05, 4.69) is 51.7 Å². The smallest absolute Gasteiger partial charge is 0.191 e. The maximum atomic E-state index is 4.66. The highest BCUT2D eigenvalue weighted by Gasteiger charge is 2.20. The third kappa shape index (κ3) is 6.48. The number of hydrogen-bond acceptors (Lipinski definition) is 4. The Kier molecular flexibility index (Phi) is 10.1. The van der Waals surface area contributed by atoms with Crippen molar-refractivity contribution in [3.05, 3.63) is 16.1 Å². The van der Waals surface area contributed by atoms with E-state index in [1.165, 1.54) is 38.0 Å². The second kappa shape index (κ2) is 11.3. The fraction of sp³-hybridized carbons (Fsp3) is 0.765. The lowest BCUT2D eigenvalue weighted by Crippen LogP contribution is -2.46. The summed E-state index contributed by atoms with van der Waals surface area (Å²) in [6, 6.07) is 0.600. The number of aliphatic imine (C=N–C) groups is 1. The van der Waals surface area contributed by atoms with Gasteiger partial charge in [0.2, 0.25) is 0 Å². The van der Waals surface area contributed by atoms with Gasteiger partial charge in [0.1, 0.15) is 5.01 Å². The number of hydrogen-bond donors (Lipinski definition) is 2. The standard InChI is InChI=1S/C17H31N5S.HI/c1-5-14(22-8-6-7-9-22)10-19-17(18-4)20-11-16-21-15(12-23-16)13(2)3;/h12-14H,5-11H2,1-4H3,(H2,18,19,20);1H. The lowest BCUT2D eigenvalue weighted by molar-refractivity contribution is 0.236. The van der Waals surface area contributed by atoms with Crippen LogP contribution in [0.2, 0.25) is 0 Å². The van der Waals surface area contributed by atoms with Gasteiger partial charge < -0.3 is 10.6 Å². The van der Waals surface area contributed by atoms with Crippen LogP contribution in [0.15, 0.2) is 10.4 Å². The van der Waals surface area contributed by atoms with Crippen molar-refractivity contribution >= 4 is 41.3 Å².